The van der Waals surface area contributed by atoms with E-state index in [0.29, 0.717) is 0 Å². The van der Waals surface area contributed by atoms with Crippen molar-refractivity contribution >= 4 is 5.97 Å². The molecule has 0 saturated carbocycles. The van der Waals surface area contributed by atoms with Crippen molar-refractivity contribution in [2.75, 3.05) is 0 Å². The van der Waals surface area contributed by atoms with Gasteiger partial charge in [-0.2, -0.15) is 0 Å². The lowest BCUT2D eigenvalue weighted by molar-refractivity contribution is -0.295. The molecule has 0 amide bonds. The molecule has 0 rings (SSSR count). The summed E-state index contributed by atoms with van der Waals surface area (Å²) in [7, 11) is 0. The minimum Gasteiger partial charge on any atom is -0.537 e. The van der Waals surface area contributed by atoms with Crippen molar-refractivity contribution in [3.63, 3.8) is 0 Å². The van der Waals surface area contributed by atoms with Gasteiger partial charge in [-0.1, -0.05) is 19.3 Å². The molecule has 0 aromatic rings. The zero-order valence-electron chi connectivity index (χ0n) is 6.44. The Kier molecular flexibility index (Phi) is 5.85. The van der Waals surface area contributed by atoms with Gasteiger partial charge in [-0.15, -0.1) is 0 Å². The average molecular weight is 149 g/mol. The van der Waals surface area contributed by atoms with Crippen LogP contribution in [0.5, 0.6) is 0 Å². The third-order valence-corrected chi connectivity index (χ3v) is 0.971. The van der Waals surface area contributed by atoms with Crippen molar-refractivity contribution in [3.8, 4) is 23.7 Å². The number of carboxylic acid groups (broad SMARTS) is 1. The van der Waals surface area contributed by atoms with Crippen LogP contribution < -0.4 is 5.11 Å². The van der Waals surface area contributed by atoms with Gasteiger partial charge in [0.05, 0.1) is 0 Å². The van der Waals surface area contributed by atoms with Crippen molar-refractivity contribution in [2.24, 2.45) is 0 Å². The summed E-state index contributed by atoms with van der Waals surface area (Å²) in [6.07, 6.45) is 2.89. The number of hydrogen-bond donors (Lipinski definition) is 0. The highest BCUT2D eigenvalue weighted by Gasteiger charge is 1.74. The van der Waals surface area contributed by atoms with Gasteiger partial charge in [0.1, 0.15) is 5.97 Å². The van der Waals surface area contributed by atoms with E-state index in [0.717, 1.165) is 19.3 Å². The van der Waals surface area contributed by atoms with Gasteiger partial charge in [-0.3, -0.25) is 0 Å². The van der Waals surface area contributed by atoms with Crippen LogP contribution >= 0.6 is 0 Å². The molecular formula is C9H9O2-. The Hall–Kier alpha value is -1.41. The maximum Gasteiger partial charge on any atom is 0.117 e. The largest absolute Gasteiger partial charge is 0.537 e. The number of carbonyl (C=O) groups excluding carboxylic acids is 1. The van der Waals surface area contributed by atoms with Crippen molar-refractivity contribution in [1.82, 2.24) is 0 Å². The van der Waals surface area contributed by atoms with E-state index < -0.39 is 5.97 Å². The Morgan fingerprint density at radius 2 is 2.18 bits per heavy atom. The van der Waals surface area contributed by atoms with Gasteiger partial charge in [0.2, 0.25) is 0 Å². The van der Waals surface area contributed by atoms with Crippen LogP contribution in [0.1, 0.15) is 26.2 Å². The first-order valence-corrected chi connectivity index (χ1v) is 3.47. The standard InChI is InChI=1S/C9H10O2/c1-2-3-4-5-6-7-8-9(10)11/h2-4H2,1H3,(H,10,11)/p-1. The second kappa shape index (κ2) is 6.71. The van der Waals surface area contributed by atoms with Crippen LogP contribution in [0.15, 0.2) is 0 Å². The van der Waals surface area contributed by atoms with E-state index in [1.807, 2.05) is 0 Å². The molecule has 0 saturated heterocycles. The molecule has 0 aliphatic carbocycles. The number of hydrogen-bond acceptors (Lipinski definition) is 2. The minimum atomic E-state index is -1.38. The molecule has 0 aliphatic rings. The van der Waals surface area contributed by atoms with E-state index >= 15 is 0 Å². The molecule has 0 fully saturated rings. The fourth-order valence-corrected chi connectivity index (χ4v) is 0.454. The zero-order valence-corrected chi connectivity index (χ0v) is 6.44. The SMILES string of the molecule is CCCCC#CC#CC(=O)[O-]. The third-order valence-electron chi connectivity index (χ3n) is 0.971. The highest BCUT2D eigenvalue weighted by molar-refractivity contribution is 5.85. The quantitative estimate of drug-likeness (QED) is 0.407. The van der Waals surface area contributed by atoms with Gasteiger partial charge in [0.25, 0.3) is 0 Å². The van der Waals surface area contributed by atoms with Crippen LogP contribution in [0.3, 0.4) is 0 Å². The summed E-state index contributed by atoms with van der Waals surface area (Å²) in [5.74, 6) is 7.74. The molecule has 0 bridgehead atoms. The smallest absolute Gasteiger partial charge is 0.117 e. The monoisotopic (exact) mass is 149 g/mol. The van der Waals surface area contributed by atoms with Crippen molar-refractivity contribution in [2.45, 2.75) is 26.2 Å². The number of aliphatic carboxylic acids is 1. The molecule has 0 aliphatic heterocycles. The predicted molar refractivity (Wildman–Crippen MR) is 40.1 cm³/mol. The van der Waals surface area contributed by atoms with E-state index in [4.69, 9.17) is 0 Å². The molecule has 0 aromatic heterocycles. The Balaban J connectivity index is 3.57. The fourth-order valence-electron chi connectivity index (χ4n) is 0.454. The lowest BCUT2D eigenvalue weighted by Crippen LogP contribution is -2.19. The maximum absolute atomic E-state index is 9.74. The molecule has 0 aromatic carbocycles. The number of rotatable bonds is 2. The molecule has 0 unspecified atom stereocenters. The van der Waals surface area contributed by atoms with Crippen LogP contribution in [0.4, 0.5) is 0 Å². The van der Waals surface area contributed by atoms with Gasteiger partial charge < -0.3 is 9.90 Å². The lowest BCUT2D eigenvalue weighted by Gasteiger charge is -1.81. The second-order valence-electron chi connectivity index (χ2n) is 1.94. The van der Waals surface area contributed by atoms with E-state index in [9.17, 15) is 9.90 Å². The first kappa shape index (κ1) is 9.59. The number of carbonyl (C=O) groups is 1. The topological polar surface area (TPSA) is 40.1 Å². The predicted octanol–water partition coefficient (Wildman–Crippen LogP) is -0.0667. The van der Waals surface area contributed by atoms with Crippen molar-refractivity contribution < 1.29 is 9.90 Å². The first-order chi connectivity index (χ1) is 5.27. The second-order valence-corrected chi connectivity index (χ2v) is 1.94. The first-order valence-electron chi connectivity index (χ1n) is 3.47. The Labute approximate surface area is 66.6 Å². The molecule has 2 heteroatoms. The van der Waals surface area contributed by atoms with E-state index in [1.165, 1.54) is 0 Å². The van der Waals surface area contributed by atoms with E-state index in [2.05, 4.69) is 24.7 Å². The van der Waals surface area contributed by atoms with Gasteiger partial charge >= 0.3 is 0 Å². The molecule has 0 spiro atoms. The highest BCUT2D eigenvalue weighted by atomic mass is 16.4. The molecular weight excluding hydrogens is 140 g/mol. The fraction of sp³-hybridized carbons (Fsp3) is 0.444. The van der Waals surface area contributed by atoms with Crippen molar-refractivity contribution in [1.29, 1.82) is 0 Å². The Morgan fingerprint density at radius 1 is 1.45 bits per heavy atom. The highest BCUT2D eigenvalue weighted by Crippen LogP contribution is 1.89. The summed E-state index contributed by atoms with van der Waals surface area (Å²) in [6, 6.07) is 0. The molecule has 58 valence electrons. The maximum atomic E-state index is 9.74. The summed E-state index contributed by atoms with van der Waals surface area (Å²) in [5.41, 5.74) is 0. The molecule has 2 nitrogen and oxygen atoms in total. The number of unbranched alkanes of at least 4 members (excludes halogenated alkanes) is 2. The van der Waals surface area contributed by atoms with Gasteiger partial charge in [-0.25, -0.2) is 0 Å². The normalized spacial score (nSPS) is 7.00. The summed E-state index contributed by atoms with van der Waals surface area (Å²) in [5, 5.41) is 9.74. The third kappa shape index (κ3) is 8.59. The van der Waals surface area contributed by atoms with Crippen LogP contribution in [0.25, 0.3) is 0 Å². The van der Waals surface area contributed by atoms with E-state index in [-0.39, 0.29) is 0 Å². The molecule has 0 radical (unpaired) electrons. The molecule has 11 heavy (non-hydrogen) atoms. The molecule has 0 N–H and O–H groups in total. The van der Waals surface area contributed by atoms with Crippen molar-refractivity contribution in [3.05, 3.63) is 0 Å². The Morgan fingerprint density at radius 3 is 2.73 bits per heavy atom. The summed E-state index contributed by atoms with van der Waals surface area (Å²) < 4.78 is 0. The summed E-state index contributed by atoms with van der Waals surface area (Å²) in [6.45, 7) is 2.06. The van der Waals surface area contributed by atoms with Crippen LogP contribution in [0, 0.1) is 23.7 Å². The van der Waals surface area contributed by atoms with Crippen LogP contribution in [0.2, 0.25) is 0 Å². The average Bonchev–Trinajstić information content (AvgIpc) is 1.96. The minimum absolute atomic E-state index is 0.776. The lowest BCUT2D eigenvalue weighted by atomic mass is 10.2. The summed E-state index contributed by atoms with van der Waals surface area (Å²) >= 11 is 0. The van der Waals surface area contributed by atoms with E-state index in [1.54, 1.807) is 5.92 Å². The van der Waals surface area contributed by atoms with Gasteiger partial charge in [0.15, 0.2) is 0 Å². The summed E-state index contributed by atoms with van der Waals surface area (Å²) in [4.78, 5) is 9.74. The molecule has 0 atom stereocenters. The van der Waals surface area contributed by atoms with Gasteiger partial charge in [-0.05, 0) is 24.2 Å². The Bertz CT molecular complexity index is 232. The number of carboxylic acids is 1. The van der Waals surface area contributed by atoms with Gasteiger partial charge in [0, 0.05) is 6.42 Å². The van der Waals surface area contributed by atoms with Crippen LogP contribution in [-0.2, 0) is 4.79 Å². The zero-order chi connectivity index (χ0) is 8.53. The van der Waals surface area contributed by atoms with Crippen LogP contribution in [-0.4, -0.2) is 5.97 Å². The molecule has 0 heterocycles.